The molecule has 0 saturated carbocycles. The third kappa shape index (κ3) is 2.55. The summed E-state index contributed by atoms with van der Waals surface area (Å²) in [5.74, 6) is 2.62. The van der Waals surface area contributed by atoms with Crippen molar-refractivity contribution in [2.75, 3.05) is 0 Å². The molecule has 2 aromatic heterocycles. The first-order valence-corrected chi connectivity index (χ1v) is 8.32. The minimum Gasteiger partial charge on any atom is -0.245 e. The summed E-state index contributed by atoms with van der Waals surface area (Å²) in [4.78, 5) is 9.59. The van der Waals surface area contributed by atoms with Gasteiger partial charge in [0.05, 0.1) is 16.7 Å². The summed E-state index contributed by atoms with van der Waals surface area (Å²) in [6, 6.07) is 16.6. The van der Waals surface area contributed by atoms with Crippen LogP contribution in [0.2, 0.25) is 0 Å². The van der Waals surface area contributed by atoms with Gasteiger partial charge in [-0.05, 0) is 50.1 Å². The zero-order chi connectivity index (χ0) is 17.6. The lowest BCUT2D eigenvalue weighted by atomic mass is 9.96. The van der Waals surface area contributed by atoms with Crippen molar-refractivity contribution in [1.82, 2.24) is 9.97 Å². The van der Waals surface area contributed by atoms with Gasteiger partial charge in [-0.2, -0.15) is 0 Å². The lowest BCUT2D eigenvalue weighted by Gasteiger charge is -2.12. The molecule has 2 heteroatoms. The molecule has 0 aliphatic carbocycles. The number of aromatic nitrogens is 2. The van der Waals surface area contributed by atoms with Crippen molar-refractivity contribution in [2.45, 2.75) is 20.8 Å². The van der Waals surface area contributed by atoms with Gasteiger partial charge in [0.2, 0.25) is 0 Å². The van der Waals surface area contributed by atoms with E-state index in [2.05, 4.69) is 68.1 Å². The Labute approximate surface area is 147 Å². The van der Waals surface area contributed by atoms with Gasteiger partial charge in [-0.25, -0.2) is 9.97 Å². The lowest BCUT2D eigenvalue weighted by Crippen LogP contribution is -1.94. The Hall–Kier alpha value is -3.18. The number of fused-ring (bicyclic) bond motifs is 3. The van der Waals surface area contributed by atoms with Crippen LogP contribution >= 0.6 is 0 Å². The van der Waals surface area contributed by atoms with Crippen LogP contribution in [0.5, 0.6) is 0 Å². The number of benzene rings is 2. The Balaban J connectivity index is 2.05. The minimum atomic E-state index is 0.634. The fourth-order valence-corrected chi connectivity index (χ4v) is 3.57. The maximum absolute atomic E-state index is 5.53. The van der Waals surface area contributed by atoms with Gasteiger partial charge in [-0.3, -0.25) is 0 Å². The number of aryl methyl sites for hydroxylation is 3. The number of pyridine rings is 2. The van der Waals surface area contributed by atoms with Crippen LogP contribution in [0.15, 0.2) is 48.5 Å². The Bertz CT molecular complexity index is 1160. The lowest BCUT2D eigenvalue weighted by molar-refractivity contribution is 1.28. The second kappa shape index (κ2) is 5.72. The van der Waals surface area contributed by atoms with Crippen LogP contribution in [0.25, 0.3) is 33.1 Å². The molecule has 0 unspecified atom stereocenters. The zero-order valence-electron chi connectivity index (χ0n) is 14.6. The second-order valence-electron chi connectivity index (χ2n) is 6.52. The van der Waals surface area contributed by atoms with Gasteiger partial charge < -0.3 is 0 Å². The van der Waals surface area contributed by atoms with Gasteiger partial charge >= 0.3 is 0 Å². The third-order valence-electron chi connectivity index (χ3n) is 4.60. The molecule has 0 spiro atoms. The molecule has 0 radical (unpaired) electrons. The van der Waals surface area contributed by atoms with E-state index in [0.29, 0.717) is 5.69 Å². The van der Waals surface area contributed by atoms with E-state index in [0.717, 1.165) is 27.5 Å². The van der Waals surface area contributed by atoms with Gasteiger partial charge in [-0.15, -0.1) is 6.42 Å². The highest BCUT2D eigenvalue weighted by Gasteiger charge is 2.11. The average molecular weight is 322 g/mol. The highest BCUT2D eigenvalue weighted by Crippen LogP contribution is 2.30. The first-order chi connectivity index (χ1) is 12.1. The molecule has 2 nitrogen and oxygen atoms in total. The van der Waals surface area contributed by atoms with Crippen LogP contribution in [-0.4, -0.2) is 9.97 Å². The molecule has 25 heavy (non-hydrogen) atoms. The zero-order valence-corrected chi connectivity index (χ0v) is 14.6. The van der Waals surface area contributed by atoms with Crippen molar-refractivity contribution in [3.05, 3.63) is 70.9 Å². The first-order valence-electron chi connectivity index (χ1n) is 8.32. The molecule has 0 atom stereocenters. The third-order valence-corrected chi connectivity index (χ3v) is 4.60. The topological polar surface area (TPSA) is 25.8 Å². The molecule has 0 saturated heterocycles. The minimum absolute atomic E-state index is 0.634. The van der Waals surface area contributed by atoms with Gasteiger partial charge in [0.1, 0.15) is 5.69 Å². The number of rotatable bonds is 1. The monoisotopic (exact) mass is 322 g/mol. The normalized spacial score (nSPS) is 11.0. The van der Waals surface area contributed by atoms with E-state index < -0.39 is 0 Å². The molecule has 2 heterocycles. The summed E-state index contributed by atoms with van der Waals surface area (Å²) in [6.45, 7) is 6.40. The number of terminal acetylenes is 1. The highest BCUT2D eigenvalue weighted by atomic mass is 14.8. The smallest absolute Gasteiger partial charge is 0.113 e. The molecule has 0 aliphatic rings. The molecule has 120 valence electrons. The van der Waals surface area contributed by atoms with E-state index in [9.17, 15) is 0 Å². The van der Waals surface area contributed by atoms with Crippen molar-refractivity contribution < 1.29 is 0 Å². The molecule has 0 aliphatic heterocycles. The van der Waals surface area contributed by atoms with E-state index in [-0.39, 0.29) is 0 Å². The van der Waals surface area contributed by atoms with Crippen LogP contribution in [-0.2, 0) is 0 Å². The molecule has 0 N–H and O–H groups in total. The maximum atomic E-state index is 5.53. The Morgan fingerprint density at radius 3 is 1.96 bits per heavy atom. The van der Waals surface area contributed by atoms with Crippen molar-refractivity contribution in [2.24, 2.45) is 0 Å². The van der Waals surface area contributed by atoms with Crippen molar-refractivity contribution >= 4 is 21.8 Å². The molecule has 4 aromatic rings. The van der Waals surface area contributed by atoms with Crippen LogP contribution in [0.1, 0.15) is 22.4 Å². The molecule has 0 amide bonds. The quantitative estimate of drug-likeness (QED) is 0.348. The van der Waals surface area contributed by atoms with Crippen LogP contribution in [0, 0.1) is 33.1 Å². The summed E-state index contributed by atoms with van der Waals surface area (Å²) in [6.07, 6.45) is 5.53. The molecular weight excluding hydrogens is 304 g/mol. The summed E-state index contributed by atoms with van der Waals surface area (Å²) in [7, 11) is 0. The van der Waals surface area contributed by atoms with Crippen LogP contribution < -0.4 is 0 Å². The Morgan fingerprint density at radius 2 is 1.32 bits per heavy atom. The standard InChI is InChI=1S/C23H18N2/c1-5-19-10-8-17-6-7-18-9-11-20(25-23(18)22(17)24-19)21-15(3)12-14(2)13-16(21)4/h1,6-13H,2-4H3. The van der Waals surface area contributed by atoms with E-state index in [4.69, 9.17) is 11.4 Å². The number of nitrogens with zero attached hydrogens (tertiary/aromatic N) is 2. The van der Waals surface area contributed by atoms with Crippen LogP contribution in [0.3, 0.4) is 0 Å². The van der Waals surface area contributed by atoms with E-state index in [1.807, 2.05) is 12.1 Å². The molecule has 0 bridgehead atoms. The van der Waals surface area contributed by atoms with E-state index >= 15 is 0 Å². The van der Waals surface area contributed by atoms with Crippen LogP contribution in [0.4, 0.5) is 0 Å². The second-order valence-corrected chi connectivity index (χ2v) is 6.52. The van der Waals surface area contributed by atoms with Gasteiger partial charge in [0, 0.05) is 16.3 Å². The fourth-order valence-electron chi connectivity index (χ4n) is 3.57. The fraction of sp³-hybridized carbons (Fsp3) is 0.130. The molecule has 0 fully saturated rings. The summed E-state index contributed by atoms with van der Waals surface area (Å²) in [5, 5.41) is 2.12. The summed E-state index contributed by atoms with van der Waals surface area (Å²) >= 11 is 0. The summed E-state index contributed by atoms with van der Waals surface area (Å²) in [5.41, 5.74) is 8.30. The Morgan fingerprint density at radius 1 is 0.760 bits per heavy atom. The Kier molecular flexibility index (Phi) is 3.51. The predicted molar refractivity (Wildman–Crippen MR) is 105 cm³/mol. The first kappa shape index (κ1) is 15.4. The molecule has 4 rings (SSSR count). The van der Waals surface area contributed by atoms with Gasteiger partial charge in [-0.1, -0.05) is 41.8 Å². The highest BCUT2D eigenvalue weighted by molar-refractivity contribution is 6.03. The molecule has 2 aromatic carbocycles. The number of hydrogen-bond donors (Lipinski definition) is 0. The maximum Gasteiger partial charge on any atom is 0.113 e. The average Bonchev–Trinajstić information content (AvgIpc) is 2.60. The van der Waals surface area contributed by atoms with E-state index in [1.54, 1.807) is 0 Å². The van der Waals surface area contributed by atoms with Crippen molar-refractivity contribution in [3.63, 3.8) is 0 Å². The van der Waals surface area contributed by atoms with Gasteiger partial charge in [0.15, 0.2) is 0 Å². The predicted octanol–water partition coefficient (Wildman–Crippen LogP) is 5.36. The number of hydrogen-bond acceptors (Lipinski definition) is 2. The van der Waals surface area contributed by atoms with Crippen molar-refractivity contribution in [1.29, 1.82) is 0 Å². The largest absolute Gasteiger partial charge is 0.245 e. The summed E-state index contributed by atoms with van der Waals surface area (Å²) < 4.78 is 0. The van der Waals surface area contributed by atoms with E-state index in [1.165, 1.54) is 22.3 Å². The SMILES string of the molecule is C#Cc1ccc2ccc3ccc(-c4c(C)cc(C)cc4C)nc3c2n1. The van der Waals surface area contributed by atoms with Gasteiger partial charge in [0.25, 0.3) is 0 Å². The van der Waals surface area contributed by atoms with Crippen molar-refractivity contribution in [3.8, 4) is 23.6 Å². The molecular formula is C23H18N2.